The van der Waals surface area contributed by atoms with Crippen molar-refractivity contribution in [2.75, 3.05) is 5.32 Å². The highest BCUT2D eigenvalue weighted by Crippen LogP contribution is 2.52. The van der Waals surface area contributed by atoms with Crippen LogP contribution < -0.4 is 5.32 Å². The van der Waals surface area contributed by atoms with Crippen LogP contribution in [0.4, 0.5) is 5.69 Å². The number of rotatable bonds is 1. The molecule has 136 valence electrons. The molecule has 0 unspecified atom stereocenters. The van der Waals surface area contributed by atoms with E-state index in [0.717, 1.165) is 27.2 Å². The molecule has 3 aromatic rings. The average Bonchev–Trinajstić information content (AvgIpc) is 3.04. The maximum atomic E-state index is 13.3. The van der Waals surface area contributed by atoms with Gasteiger partial charge in [-0.2, -0.15) is 0 Å². The molecule has 1 aromatic heterocycles. The Bertz CT molecular complexity index is 1120. The topological polar surface area (TPSA) is 29.1 Å². The predicted molar refractivity (Wildman–Crippen MR) is 116 cm³/mol. The fourth-order valence-electron chi connectivity index (χ4n) is 4.57. The second-order valence-corrected chi connectivity index (χ2v) is 10.8. The van der Waals surface area contributed by atoms with Crippen molar-refractivity contribution in [2.24, 2.45) is 5.41 Å². The number of benzene rings is 2. The Labute approximate surface area is 171 Å². The molecular formula is C23H20BrNOS. The van der Waals surface area contributed by atoms with Crippen molar-refractivity contribution in [3.8, 4) is 0 Å². The summed E-state index contributed by atoms with van der Waals surface area (Å²) in [5, 5.41) is 6.07. The van der Waals surface area contributed by atoms with E-state index in [9.17, 15) is 4.79 Å². The van der Waals surface area contributed by atoms with E-state index in [2.05, 4.69) is 83.6 Å². The van der Waals surface area contributed by atoms with Gasteiger partial charge in [-0.05, 0) is 62.3 Å². The van der Waals surface area contributed by atoms with Crippen LogP contribution in [0.3, 0.4) is 0 Å². The molecule has 1 aliphatic carbocycles. The van der Waals surface area contributed by atoms with Crippen molar-refractivity contribution in [3.05, 3.63) is 74.0 Å². The van der Waals surface area contributed by atoms with Gasteiger partial charge in [0.05, 0.1) is 9.70 Å². The summed E-state index contributed by atoms with van der Waals surface area (Å²) in [6.07, 6.45) is 1.51. The van der Waals surface area contributed by atoms with Crippen molar-refractivity contribution in [3.63, 3.8) is 0 Å². The molecule has 0 spiro atoms. The lowest BCUT2D eigenvalue weighted by atomic mass is 9.69. The third kappa shape index (κ3) is 2.77. The Morgan fingerprint density at radius 1 is 1.07 bits per heavy atom. The third-order valence-electron chi connectivity index (χ3n) is 5.63. The van der Waals surface area contributed by atoms with Gasteiger partial charge in [0.25, 0.3) is 0 Å². The fraction of sp³-hybridized carbons (Fsp3) is 0.261. The first-order chi connectivity index (χ1) is 12.9. The van der Waals surface area contributed by atoms with Gasteiger partial charge in [0.2, 0.25) is 0 Å². The Balaban J connectivity index is 1.82. The highest BCUT2D eigenvalue weighted by atomic mass is 79.9. The molecule has 2 nitrogen and oxygen atoms in total. The summed E-state index contributed by atoms with van der Waals surface area (Å²) in [7, 11) is 0. The van der Waals surface area contributed by atoms with Gasteiger partial charge in [-0.1, -0.05) is 44.2 Å². The summed E-state index contributed by atoms with van der Waals surface area (Å²) < 4.78 is 1.10. The Morgan fingerprint density at radius 3 is 2.67 bits per heavy atom. The minimum Gasteiger partial charge on any atom is -0.358 e. The second kappa shape index (κ2) is 6.05. The number of fused-ring (bicyclic) bond motifs is 3. The van der Waals surface area contributed by atoms with Crippen LogP contribution in [0.1, 0.15) is 43.0 Å². The lowest BCUT2D eigenvalue weighted by Crippen LogP contribution is -2.33. The molecule has 2 aliphatic rings. The molecule has 0 fully saturated rings. The summed E-state index contributed by atoms with van der Waals surface area (Å²) in [6, 6.07) is 17.1. The maximum absolute atomic E-state index is 13.3. The number of hydrogen-bond acceptors (Lipinski definition) is 3. The van der Waals surface area contributed by atoms with E-state index in [1.165, 1.54) is 21.2 Å². The first-order valence-electron chi connectivity index (χ1n) is 9.23. The van der Waals surface area contributed by atoms with Crippen molar-refractivity contribution < 1.29 is 4.79 Å². The molecule has 4 heteroatoms. The van der Waals surface area contributed by atoms with E-state index in [-0.39, 0.29) is 17.1 Å². The highest BCUT2D eigenvalue weighted by molar-refractivity contribution is 9.11. The number of hydrogen-bond donors (Lipinski definition) is 1. The van der Waals surface area contributed by atoms with Crippen LogP contribution in [-0.4, -0.2) is 5.78 Å². The third-order valence-corrected chi connectivity index (χ3v) is 7.32. The van der Waals surface area contributed by atoms with Gasteiger partial charge in [0.1, 0.15) is 0 Å². The number of Topliss-reactive ketones (excluding diaryl/α,β-unsaturated/α-hetero) is 1. The molecule has 1 N–H and O–H groups in total. The molecule has 1 atom stereocenters. The number of halogens is 1. The predicted octanol–water partition coefficient (Wildman–Crippen LogP) is 6.86. The number of nitrogens with one attached hydrogen (secondary N) is 1. The van der Waals surface area contributed by atoms with E-state index >= 15 is 0 Å². The summed E-state index contributed by atoms with van der Waals surface area (Å²) in [5.41, 5.74) is 4.43. The van der Waals surface area contributed by atoms with Crippen molar-refractivity contribution in [2.45, 2.75) is 32.6 Å². The van der Waals surface area contributed by atoms with Crippen LogP contribution in [0.15, 0.2) is 63.6 Å². The smallest absolute Gasteiger partial charge is 0.162 e. The van der Waals surface area contributed by atoms with E-state index in [1.807, 2.05) is 0 Å². The summed E-state index contributed by atoms with van der Waals surface area (Å²) >= 11 is 5.34. The Morgan fingerprint density at radius 2 is 1.89 bits per heavy atom. The quantitative estimate of drug-likeness (QED) is 0.450. The zero-order valence-electron chi connectivity index (χ0n) is 15.3. The fourth-order valence-corrected chi connectivity index (χ4v) is 6.12. The van der Waals surface area contributed by atoms with E-state index < -0.39 is 0 Å². The molecule has 5 rings (SSSR count). The number of anilines is 1. The summed E-state index contributed by atoms with van der Waals surface area (Å²) in [5.74, 6) is 0.282. The number of carbonyl (C=O) groups excluding carboxylic acids is 1. The number of thiophene rings is 1. The molecule has 2 aromatic carbocycles. The van der Waals surface area contributed by atoms with E-state index in [4.69, 9.17) is 0 Å². The largest absolute Gasteiger partial charge is 0.358 e. The lowest BCUT2D eigenvalue weighted by molar-refractivity contribution is -0.118. The van der Waals surface area contributed by atoms with Gasteiger partial charge in [-0.15, -0.1) is 11.3 Å². The first-order valence-corrected chi connectivity index (χ1v) is 10.8. The molecule has 27 heavy (non-hydrogen) atoms. The van der Waals surface area contributed by atoms with Crippen molar-refractivity contribution >= 4 is 49.5 Å². The summed E-state index contributed by atoms with van der Waals surface area (Å²) in [6.45, 7) is 4.37. The molecule has 2 heterocycles. The zero-order valence-corrected chi connectivity index (χ0v) is 17.7. The SMILES string of the molecule is CC1(C)CC(=O)C2=C(C1)Nc1ccc3ccccc3c1[C@@H]2c1ccc(Br)s1. The van der Waals surface area contributed by atoms with Gasteiger partial charge in [-0.25, -0.2) is 0 Å². The number of allylic oxidation sites excluding steroid dienone is 2. The van der Waals surface area contributed by atoms with Crippen LogP contribution in [0, 0.1) is 5.41 Å². The van der Waals surface area contributed by atoms with Crippen LogP contribution in [0.5, 0.6) is 0 Å². The monoisotopic (exact) mass is 437 g/mol. The molecular weight excluding hydrogens is 418 g/mol. The van der Waals surface area contributed by atoms with Crippen LogP contribution in [0.25, 0.3) is 10.8 Å². The van der Waals surface area contributed by atoms with Gasteiger partial charge in [-0.3, -0.25) is 4.79 Å². The molecule has 0 saturated heterocycles. The van der Waals surface area contributed by atoms with Crippen molar-refractivity contribution in [1.29, 1.82) is 0 Å². The zero-order chi connectivity index (χ0) is 18.8. The highest BCUT2D eigenvalue weighted by Gasteiger charge is 2.41. The molecule has 0 saturated carbocycles. The second-order valence-electron chi connectivity index (χ2n) is 8.28. The van der Waals surface area contributed by atoms with Crippen molar-refractivity contribution in [1.82, 2.24) is 0 Å². The minimum absolute atomic E-state index is 0.00208. The van der Waals surface area contributed by atoms with Gasteiger partial charge < -0.3 is 5.32 Å². The van der Waals surface area contributed by atoms with Crippen LogP contribution in [-0.2, 0) is 4.79 Å². The first kappa shape index (κ1) is 17.2. The van der Waals surface area contributed by atoms with E-state index in [0.29, 0.717) is 6.42 Å². The van der Waals surface area contributed by atoms with Crippen LogP contribution >= 0.6 is 27.3 Å². The molecule has 0 amide bonds. The summed E-state index contributed by atoms with van der Waals surface area (Å²) in [4.78, 5) is 14.5. The molecule has 1 aliphatic heterocycles. The van der Waals surface area contributed by atoms with E-state index in [1.54, 1.807) is 11.3 Å². The van der Waals surface area contributed by atoms with Gasteiger partial charge in [0, 0.05) is 28.3 Å². The molecule has 0 bridgehead atoms. The normalized spacial score (nSPS) is 21.0. The van der Waals surface area contributed by atoms with Gasteiger partial charge in [0.15, 0.2) is 5.78 Å². The number of carbonyl (C=O) groups is 1. The Kier molecular flexibility index (Phi) is 3.85. The average molecular weight is 438 g/mol. The van der Waals surface area contributed by atoms with Gasteiger partial charge >= 0.3 is 0 Å². The Hall–Kier alpha value is -1.91. The standard InChI is InChI=1S/C23H20BrNOS/c1-23(2)11-16-21(17(26)12-23)22(18-9-10-19(24)27-18)20-14-6-4-3-5-13(14)7-8-15(20)25-16/h3-10,22,25H,11-12H2,1-2H3/t22-/m0/s1. The lowest BCUT2D eigenvalue weighted by Gasteiger charge is -2.39. The molecule has 0 radical (unpaired) electrons. The number of ketones is 1. The minimum atomic E-state index is -0.00213. The van der Waals surface area contributed by atoms with Crippen LogP contribution in [0.2, 0.25) is 0 Å². The maximum Gasteiger partial charge on any atom is 0.162 e.